The van der Waals surface area contributed by atoms with Crippen LogP contribution in [0.2, 0.25) is 0 Å². The van der Waals surface area contributed by atoms with Gasteiger partial charge in [0.25, 0.3) is 0 Å². The highest BCUT2D eigenvalue weighted by Crippen LogP contribution is 2.28. The molecule has 7 nitrogen and oxygen atoms in total. The van der Waals surface area contributed by atoms with Crippen molar-refractivity contribution in [2.75, 3.05) is 7.05 Å². The average molecular weight is 396 g/mol. The molecule has 28 heavy (non-hydrogen) atoms. The molecule has 0 aliphatic heterocycles. The smallest absolute Gasteiger partial charge is 0.246 e. The first-order chi connectivity index (χ1) is 13.5. The molecule has 4 rings (SSSR count). The number of thiazole rings is 1. The van der Waals surface area contributed by atoms with Gasteiger partial charge in [0.1, 0.15) is 17.4 Å². The number of hydrogen-bond donors (Lipinski definition) is 0. The number of benzene rings is 2. The predicted octanol–water partition coefficient (Wildman–Crippen LogP) is 3.31. The summed E-state index contributed by atoms with van der Waals surface area (Å²) in [5, 5.41) is 12.9. The minimum Gasteiger partial charge on any atom is -0.335 e. The van der Waals surface area contributed by atoms with E-state index in [1.165, 1.54) is 16.9 Å². The van der Waals surface area contributed by atoms with Crippen molar-refractivity contribution in [2.45, 2.75) is 19.5 Å². The van der Waals surface area contributed by atoms with Crippen molar-refractivity contribution in [1.29, 1.82) is 0 Å². The van der Waals surface area contributed by atoms with Crippen molar-refractivity contribution in [3.8, 4) is 11.4 Å². The first kappa shape index (κ1) is 18.2. The number of nitrogens with zero attached hydrogens (tertiary/aromatic N) is 6. The Kier molecular flexibility index (Phi) is 4.82. The first-order valence-corrected chi connectivity index (χ1v) is 9.48. The highest BCUT2D eigenvalue weighted by Gasteiger charge is 2.22. The fourth-order valence-electron chi connectivity index (χ4n) is 2.71. The zero-order valence-corrected chi connectivity index (χ0v) is 16.1. The van der Waals surface area contributed by atoms with E-state index in [1.54, 1.807) is 35.4 Å². The number of tetrazole rings is 1. The molecule has 9 heteroatoms. The van der Waals surface area contributed by atoms with Gasteiger partial charge in [-0.1, -0.05) is 12.1 Å². The lowest BCUT2D eigenvalue weighted by atomic mass is 10.2. The molecule has 1 atom stereocenters. The minimum atomic E-state index is -0.336. The van der Waals surface area contributed by atoms with Crippen LogP contribution in [0.4, 0.5) is 4.39 Å². The van der Waals surface area contributed by atoms with E-state index in [1.807, 2.05) is 31.2 Å². The number of carbonyl (C=O) groups excluding carboxylic acids is 1. The van der Waals surface area contributed by atoms with Gasteiger partial charge in [0.05, 0.1) is 16.3 Å². The number of aromatic nitrogens is 5. The summed E-state index contributed by atoms with van der Waals surface area (Å²) in [7, 11) is 1.73. The van der Waals surface area contributed by atoms with E-state index < -0.39 is 0 Å². The van der Waals surface area contributed by atoms with Crippen LogP contribution < -0.4 is 0 Å². The van der Waals surface area contributed by atoms with Gasteiger partial charge < -0.3 is 4.90 Å². The summed E-state index contributed by atoms with van der Waals surface area (Å²) in [4.78, 5) is 20.1. The van der Waals surface area contributed by atoms with Crippen molar-refractivity contribution in [2.24, 2.45) is 0 Å². The highest BCUT2D eigenvalue weighted by molar-refractivity contribution is 7.18. The van der Waals surface area contributed by atoms with Crippen LogP contribution in [0, 0.1) is 5.82 Å². The van der Waals surface area contributed by atoms with Gasteiger partial charge in [0.15, 0.2) is 0 Å². The van der Waals surface area contributed by atoms with E-state index in [4.69, 9.17) is 0 Å². The van der Waals surface area contributed by atoms with E-state index in [-0.39, 0.29) is 24.3 Å². The van der Waals surface area contributed by atoms with Crippen molar-refractivity contribution in [3.05, 3.63) is 59.4 Å². The lowest BCUT2D eigenvalue weighted by molar-refractivity contribution is -0.132. The van der Waals surface area contributed by atoms with Crippen LogP contribution >= 0.6 is 11.3 Å². The summed E-state index contributed by atoms with van der Waals surface area (Å²) in [6, 6.07) is 13.5. The largest absolute Gasteiger partial charge is 0.335 e. The quantitative estimate of drug-likeness (QED) is 0.517. The summed E-state index contributed by atoms with van der Waals surface area (Å²) in [5.41, 5.74) is 1.56. The zero-order chi connectivity index (χ0) is 19.7. The van der Waals surface area contributed by atoms with Gasteiger partial charge in [-0.2, -0.15) is 4.80 Å². The van der Waals surface area contributed by atoms with Crippen LogP contribution in [0.15, 0.2) is 48.5 Å². The van der Waals surface area contributed by atoms with Crippen LogP contribution in [0.25, 0.3) is 21.6 Å². The number of fused-ring (bicyclic) bond motifs is 1. The molecule has 142 valence electrons. The van der Waals surface area contributed by atoms with E-state index in [0.717, 1.165) is 15.2 Å². The third-order valence-corrected chi connectivity index (χ3v) is 5.68. The normalized spacial score (nSPS) is 12.2. The molecule has 0 spiro atoms. The Balaban J connectivity index is 1.46. The maximum atomic E-state index is 13.0. The molecule has 2 aromatic carbocycles. The maximum absolute atomic E-state index is 13.0. The van der Waals surface area contributed by atoms with Crippen LogP contribution in [0.3, 0.4) is 0 Å². The number of likely N-dealkylation sites (N-methyl/N-ethyl adjacent to an activating group) is 1. The Morgan fingerprint density at radius 2 is 1.96 bits per heavy atom. The molecule has 0 bridgehead atoms. The van der Waals surface area contributed by atoms with Gasteiger partial charge in [-0.05, 0) is 48.5 Å². The molecule has 0 N–H and O–H groups in total. The molecule has 0 saturated heterocycles. The minimum absolute atomic E-state index is 0.0417. The molecule has 0 fully saturated rings. The van der Waals surface area contributed by atoms with Gasteiger partial charge in [-0.3, -0.25) is 4.79 Å². The third-order valence-electron chi connectivity index (χ3n) is 4.47. The van der Waals surface area contributed by atoms with Crippen LogP contribution in [0.1, 0.15) is 18.0 Å². The standard InChI is InChI=1S/C19H17FN6OS/c1-12(19-21-15-5-3-4-6-16(15)28-19)25(2)17(27)11-26-23-18(22-24-26)13-7-9-14(20)10-8-13/h3-10,12H,11H2,1-2H3/t12-/m1/s1. The number of halogens is 1. The third kappa shape index (κ3) is 3.61. The summed E-state index contributed by atoms with van der Waals surface area (Å²) >= 11 is 1.57. The first-order valence-electron chi connectivity index (χ1n) is 8.66. The molecule has 0 radical (unpaired) electrons. The molecule has 4 aromatic rings. The topological polar surface area (TPSA) is 76.8 Å². The lowest BCUT2D eigenvalue weighted by Crippen LogP contribution is -2.33. The Labute approximate surface area is 164 Å². The number of hydrogen-bond acceptors (Lipinski definition) is 6. The van der Waals surface area contributed by atoms with Crippen LogP contribution in [0.5, 0.6) is 0 Å². The second-order valence-corrected chi connectivity index (χ2v) is 7.41. The van der Waals surface area contributed by atoms with Gasteiger partial charge in [-0.25, -0.2) is 9.37 Å². The second-order valence-electron chi connectivity index (χ2n) is 6.35. The molecular weight excluding hydrogens is 379 g/mol. The number of rotatable bonds is 5. The van der Waals surface area contributed by atoms with Crippen LogP contribution in [-0.2, 0) is 11.3 Å². The number of carbonyl (C=O) groups is 1. The van der Waals surface area contributed by atoms with E-state index in [2.05, 4.69) is 20.4 Å². The summed E-state index contributed by atoms with van der Waals surface area (Å²) in [6.07, 6.45) is 0. The average Bonchev–Trinajstić information content (AvgIpc) is 3.34. The van der Waals surface area contributed by atoms with Crippen molar-refractivity contribution >= 4 is 27.5 Å². The van der Waals surface area contributed by atoms with Gasteiger partial charge in [0.2, 0.25) is 11.7 Å². The van der Waals surface area contributed by atoms with E-state index >= 15 is 0 Å². The van der Waals surface area contributed by atoms with E-state index in [0.29, 0.717) is 11.4 Å². The van der Waals surface area contributed by atoms with Crippen molar-refractivity contribution < 1.29 is 9.18 Å². The fourth-order valence-corrected chi connectivity index (χ4v) is 3.77. The molecule has 0 aliphatic rings. The molecule has 0 aliphatic carbocycles. The van der Waals surface area contributed by atoms with Gasteiger partial charge in [-0.15, -0.1) is 21.5 Å². The Hall–Kier alpha value is -3.20. The summed E-state index contributed by atoms with van der Waals surface area (Å²) in [6.45, 7) is 1.90. The Morgan fingerprint density at radius 1 is 1.21 bits per heavy atom. The molecule has 0 saturated carbocycles. The Bertz CT molecular complexity index is 1090. The summed E-state index contributed by atoms with van der Waals surface area (Å²) < 4.78 is 14.1. The Morgan fingerprint density at radius 3 is 2.71 bits per heavy atom. The highest BCUT2D eigenvalue weighted by atomic mass is 32.1. The summed E-state index contributed by atoms with van der Waals surface area (Å²) in [5.74, 6) is -0.152. The van der Waals surface area contributed by atoms with Crippen molar-refractivity contribution in [1.82, 2.24) is 30.1 Å². The lowest BCUT2D eigenvalue weighted by Gasteiger charge is -2.22. The SMILES string of the molecule is C[C@H](c1nc2ccccc2s1)N(C)C(=O)Cn1nnc(-c2ccc(F)cc2)n1. The second kappa shape index (κ2) is 7.43. The van der Waals surface area contributed by atoms with E-state index in [9.17, 15) is 9.18 Å². The number of amides is 1. The predicted molar refractivity (Wildman–Crippen MR) is 104 cm³/mol. The van der Waals surface area contributed by atoms with Crippen LogP contribution in [-0.4, -0.2) is 43.0 Å². The fraction of sp³-hybridized carbons (Fsp3) is 0.211. The molecule has 0 unspecified atom stereocenters. The maximum Gasteiger partial charge on any atom is 0.246 e. The zero-order valence-electron chi connectivity index (χ0n) is 15.3. The molecular formula is C19H17FN6OS. The molecule has 2 heterocycles. The van der Waals surface area contributed by atoms with Gasteiger partial charge in [0, 0.05) is 12.6 Å². The van der Waals surface area contributed by atoms with Crippen molar-refractivity contribution in [3.63, 3.8) is 0 Å². The monoisotopic (exact) mass is 396 g/mol. The van der Waals surface area contributed by atoms with Gasteiger partial charge >= 0.3 is 0 Å². The number of para-hydroxylation sites is 1. The molecule has 2 aromatic heterocycles. The molecule has 1 amide bonds.